The molecule has 1 atom stereocenters. The summed E-state index contributed by atoms with van der Waals surface area (Å²) in [6, 6.07) is 16.7. The van der Waals surface area contributed by atoms with Crippen molar-refractivity contribution in [2.45, 2.75) is 19.3 Å². The fraction of sp³-hybridized carbons (Fsp3) is 0.348. The number of aromatic nitrogens is 1. The van der Waals surface area contributed by atoms with Gasteiger partial charge >= 0.3 is 0 Å². The van der Waals surface area contributed by atoms with Crippen LogP contribution in [-0.2, 0) is 4.79 Å². The molecule has 0 radical (unpaired) electrons. The number of carboxylic acid groups (broad SMARTS) is 1. The van der Waals surface area contributed by atoms with Crippen LogP contribution in [0.15, 0.2) is 48.5 Å². The highest BCUT2D eigenvalue weighted by Crippen LogP contribution is 2.36. The number of carbonyl (C=O) groups excluding carboxylic acids is 1. The van der Waals surface area contributed by atoms with Crippen LogP contribution in [0.3, 0.4) is 0 Å². The van der Waals surface area contributed by atoms with Gasteiger partial charge in [-0.25, -0.2) is 0 Å². The van der Waals surface area contributed by atoms with E-state index in [1.807, 2.05) is 6.07 Å². The maximum absolute atomic E-state index is 12.9. The SMILES string of the molecule is O=C(C[C@H]1CN2CCC1CC2)c1nsc2cc(-c3ccccc3)ccc12.O=CO. The van der Waals surface area contributed by atoms with Crippen molar-refractivity contribution in [2.75, 3.05) is 19.6 Å². The monoisotopic (exact) mass is 408 g/mol. The zero-order valence-electron chi connectivity index (χ0n) is 16.2. The van der Waals surface area contributed by atoms with Gasteiger partial charge in [0.25, 0.3) is 6.47 Å². The van der Waals surface area contributed by atoms with Crippen molar-refractivity contribution in [3.63, 3.8) is 0 Å². The summed E-state index contributed by atoms with van der Waals surface area (Å²) in [4.78, 5) is 23.8. The molecule has 29 heavy (non-hydrogen) atoms. The Balaban J connectivity index is 0.000000645. The molecule has 5 nitrogen and oxygen atoms in total. The second kappa shape index (κ2) is 8.84. The lowest BCUT2D eigenvalue weighted by molar-refractivity contribution is -0.122. The van der Waals surface area contributed by atoms with Gasteiger partial charge in [0.1, 0.15) is 5.69 Å². The first-order valence-corrected chi connectivity index (χ1v) is 10.7. The molecule has 6 rings (SSSR count). The standard InChI is InChI=1S/C22H22N2OS.CH2O2/c25-20(12-18-14-24-10-8-16(18)9-11-24)22-19-7-6-17(13-21(19)26-23-22)15-4-2-1-3-5-15;2-1-3/h1-7,13,16,18H,8-12,14H2;1H,(H,2,3)/t18-;/m0./s1. The number of piperidine rings is 3. The molecule has 3 aliphatic heterocycles. The number of fused-ring (bicyclic) bond motifs is 4. The molecule has 0 spiro atoms. The van der Waals surface area contributed by atoms with Crippen LogP contribution in [0.1, 0.15) is 29.8 Å². The quantitative estimate of drug-likeness (QED) is 0.505. The van der Waals surface area contributed by atoms with Gasteiger partial charge in [-0.3, -0.25) is 9.59 Å². The zero-order chi connectivity index (χ0) is 20.2. The smallest absolute Gasteiger partial charge is 0.290 e. The number of nitrogens with zero attached hydrogens (tertiary/aromatic N) is 2. The molecular weight excluding hydrogens is 384 g/mol. The third kappa shape index (κ3) is 4.23. The van der Waals surface area contributed by atoms with E-state index in [0.29, 0.717) is 18.0 Å². The van der Waals surface area contributed by atoms with Gasteiger partial charge in [-0.05, 0) is 66.5 Å². The second-order valence-electron chi connectivity index (χ2n) is 7.74. The van der Waals surface area contributed by atoms with Crippen LogP contribution in [0.2, 0.25) is 0 Å². The Morgan fingerprint density at radius 2 is 1.86 bits per heavy atom. The third-order valence-corrected chi connectivity index (χ3v) is 6.89. The summed E-state index contributed by atoms with van der Waals surface area (Å²) in [5, 5.41) is 7.90. The number of hydrogen-bond donors (Lipinski definition) is 1. The van der Waals surface area contributed by atoms with E-state index in [2.05, 4.69) is 51.7 Å². The summed E-state index contributed by atoms with van der Waals surface area (Å²) in [5.74, 6) is 1.48. The van der Waals surface area contributed by atoms with Crippen LogP contribution in [-0.4, -0.2) is 46.3 Å². The molecule has 2 bridgehead atoms. The Kier molecular flexibility index (Phi) is 6.02. The summed E-state index contributed by atoms with van der Waals surface area (Å²) in [6.07, 6.45) is 3.17. The minimum absolute atomic E-state index is 0.225. The summed E-state index contributed by atoms with van der Waals surface area (Å²) >= 11 is 1.45. The first-order valence-electron chi connectivity index (χ1n) is 9.98. The van der Waals surface area contributed by atoms with Crippen molar-refractivity contribution < 1.29 is 14.7 Å². The van der Waals surface area contributed by atoms with Crippen LogP contribution in [0, 0.1) is 11.8 Å². The molecule has 2 aromatic carbocycles. The lowest BCUT2D eigenvalue weighted by Crippen LogP contribution is -2.47. The highest BCUT2D eigenvalue weighted by Gasteiger charge is 2.35. The van der Waals surface area contributed by atoms with Gasteiger partial charge < -0.3 is 10.0 Å². The van der Waals surface area contributed by atoms with Crippen LogP contribution in [0.4, 0.5) is 0 Å². The van der Waals surface area contributed by atoms with Gasteiger partial charge in [0.15, 0.2) is 5.78 Å². The molecule has 3 fully saturated rings. The average molecular weight is 409 g/mol. The number of benzene rings is 2. The fourth-order valence-electron chi connectivity index (χ4n) is 4.60. The van der Waals surface area contributed by atoms with Gasteiger partial charge in [-0.1, -0.05) is 42.5 Å². The second-order valence-corrected chi connectivity index (χ2v) is 8.54. The largest absolute Gasteiger partial charge is 0.483 e. The van der Waals surface area contributed by atoms with E-state index in [0.717, 1.165) is 22.5 Å². The van der Waals surface area contributed by atoms with Crippen LogP contribution in [0.25, 0.3) is 21.2 Å². The molecule has 150 valence electrons. The van der Waals surface area contributed by atoms with E-state index in [4.69, 9.17) is 9.90 Å². The van der Waals surface area contributed by atoms with Crippen molar-refractivity contribution in [1.82, 2.24) is 9.27 Å². The molecule has 1 N–H and O–H groups in total. The van der Waals surface area contributed by atoms with E-state index >= 15 is 0 Å². The molecule has 0 amide bonds. The van der Waals surface area contributed by atoms with Gasteiger partial charge in [0.05, 0.1) is 4.70 Å². The van der Waals surface area contributed by atoms with E-state index in [9.17, 15) is 4.79 Å². The van der Waals surface area contributed by atoms with E-state index in [-0.39, 0.29) is 12.3 Å². The summed E-state index contributed by atoms with van der Waals surface area (Å²) < 4.78 is 5.64. The summed E-state index contributed by atoms with van der Waals surface area (Å²) in [5.41, 5.74) is 3.06. The predicted octanol–water partition coefficient (Wildman–Crippen LogP) is 4.58. The molecule has 0 saturated carbocycles. The number of carbonyl (C=O) groups is 2. The Bertz CT molecular complexity index is 994. The van der Waals surface area contributed by atoms with Crippen molar-refractivity contribution in [2.24, 2.45) is 11.8 Å². The number of ketones is 1. The molecule has 3 aromatic rings. The third-order valence-electron chi connectivity index (χ3n) is 6.08. The topological polar surface area (TPSA) is 70.5 Å². The van der Waals surface area contributed by atoms with Gasteiger partial charge in [-0.15, -0.1) is 0 Å². The van der Waals surface area contributed by atoms with Crippen molar-refractivity contribution in [3.8, 4) is 11.1 Å². The highest BCUT2D eigenvalue weighted by atomic mass is 32.1. The highest BCUT2D eigenvalue weighted by molar-refractivity contribution is 7.13. The van der Waals surface area contributed by atoms with Crippen molar-refractivity contribution >= 4 is 33.9 Å². The molecule has 0 unspecified atom stereocenters. The van der Waals surface area contributed by atoms with Crippen molar-refractivity contribution in [3.05, 3.63) is 54.2 Å². The minimum atomic E-state index is -0.250. The van der Waals surface area contributed by atoms with Crippen molar-refractivity contribution in [1.29, 1.82) is 0 Å². The Morgan fingerprint density at radius 1 is 1.14 bits per heavy atom. The van der Waals surface area contributed by atoms with Gasteiger partial charge in [0.2, 0.25) is 0 Å². The molecule has 0 aliphatic carbocycles. The number of hydrogen-bond acceptors (Lipinski definition) is 5. The molecule has 4 heterocycles. The molecule has 6 heteroatoms. The van der Waals surface area contributed by atoms with Gasteiger partial charge in [0, 0.05) is 18.4 Å². The van der Waals surface area contributed by atoms with E-state index in [1.165, 1.54) is 48.6 Å². The number of Topliss-reactive ketones (excluding diaryl/α,β-unsaturated/α-hetero) is 1. The minimum Gasteiger partial charge on any atom is -0.483 e. The first kappa shape index (κ1) is 19.7. The van der Waals surface area contributed by atoms with E-state index in [1.54, 1.807) is 0 Å². The number of rotatable bonds is 4. The Morgan fingerprint density at radius 3 is 2.52 bits per heavy atom. The maximum atomic E-state index is 12.9. The molecule has 1 aromatic heterocycles. The maximum Gasteiger partial charge on any atom is 0.290 e. The Labute approximate surface area is 174 Å². The van der Waals surface area contributed by atoms with Crippen LogP contribution < -0.4 is 0 Å². The average Bonchev–Trinajstić information content (AvgIpc) is 3.19. The Hall–Kier alpha value is -2.57. The van der Waals surface area contributed by atoms with E-state index < -0.39 is 0 Å². The van der Waals surface area contributed by atoms with Crippen LogP contribution in [0.5, 0.6) is 0 Å². The van der Waals surface area contributed by atoms with Gasteiger partial charge in [-0.2, -0.15) is 4.37 Å². The first-order chi connectivity index (χ1) is 14.2. The van der Waals surface area contributed by atoms with Crippen LogP contribution >= 0.6 is 11.5 Å². The lowest BCUT2D eigenvalue weighted by atomic mass is 9.76. The predicted molar refractivity (Wildman–Crippen MR) is 115 cm³/mol. The molecule has 3 saturated heterocycles. The summed E-state index contributed by atoms with van der Waals surface area (Å²) in [7, 11) is 0. The zero-order valence-corrected chi connectivity index (χ0v) is 17.0. The molecular formula is C23H24N2O3S. The molecule has 3 aliphatic rings. The normalized spacial score (nSPS) is 22.7. The lowest BCUT2D eigenvalue weighted by Gasteiger charge is -2.44. The fourth-order valence-corrected chi connectivity index (χ4v) is 5.43. The summed E-state index contributed by atoms with van der Waals surface area (Å²) in [6.45, 7) is 3.28.